The van der Waals surface area contributed by atoms with Crippen LogP contribution in [0.25, 0.3) is 0 Å². The molecule has 0 saturated heterocycles. The van der Waals surface area contributed by atoms with Gasteiger partial charge in [0.2, 0.25) is 0 Å². The summed E-state index contributed by atoms with van der Waals surface area (Å²) in [6, 6.07) is 0. The number of hydrogen-bond donors (Lipinski definition) is 1. The van der Waals surface area contributed by atoms with E-state index in [1.807, 2.05) is 0 Å². The van der Waals surface area contributed by atoms with Crippen molar-refractivity contribution in [3.63, 3.8) is 0 Å². The van der Waals surface area contributed by atoms with Crippen LogP contribution in [0.1, 0.15) is 0 Å². The molecule has 0 unspecified atom stereocenters. The number of hydrogen-bond acceptors (Lipinski definition) is 2. The average molecular weight is 343 g/mol. The van der Waals surface area contributed by atoms with Gasteiger partial charge in [0.05, 0.1) is 0 Å². The van der Waals surface area contributed by atoms with E-state index < -0.39 is 5.09 Å². The summed E-state index contributed by atoms with van der Waals surface area (Å²) in [6.07, 6.45) is 0. The summed E-state index contributed by atoms with van der Waals surface area (Å²) in [5.41, 5.74) is 0. The molecular formula is HCe2NO3+7. The normalized spacial score (nSPS) is 4.00. The summed E-state index contributed by atoms with van der Waals surface area (Å²) in [5, 5.41) is 13.6. The van der Waals surface area contributed by atoms with Crippen LogP contribution in [-0.4, -0.2) is 10.3 Å². The summed E-state index contributed by atoms with van der Waals surface area (Å²) in [5.74, 6) is 0. The second-order valence-electron chi connectivity index (χ2n) is 0.238. The van der Waals surface area contributed by atoms with Crippen molar-refractivity contribution in [3.8, 4) is 0 Å². The van der Waals surface area contributed by atoms with Gasteiger partial charge in [0.25, 0.3) is 5.09 Å². The Morgan fingerprint density at radius 1 is 1.67 bits per heavy atom. The first-order chi connectivity index (χ1) is 1.73. The summed E-state index contributed by atoms with van der Waals surface area (Å²) >= 11 is 0. The van der Waals surface area contributed by atoms with Crippen molar-refractivity contribution in [1.29, 1.82) is 0 Å². The molecular weight excluding hydrogens is 342 g/mol. The Hall–Kier alpha value is 1.95. The van der Waals surface area contributed by atoms with Gasteiger partial charge >= 0.3 is 83.5 Å². The van der Waals surface area contributed by atoms with Crippen LogP contribution in [-0.2, 0) is 0 Å². The van der Waals surface area contributed by atoms with E-state index in [2.05, 4.69) is 0 Å². The standard InChI is InChI=1S/2Ce.HNO3/c;;2-1(3)4/h;;(H,2,3,4)/q+3;+4;. The molecule has 1 radical (unpaired) electrons. The molecule has 0 spiro atoms. The summed E-state index contributed by atoms with van der Waals surface area (Å²) < 4.78 is 0. The predicted molar refractivity (Wildman–Crippen MR) is 8.78 cm³/mol. The Balaban J connectivity index is -0.0000000450. The molecule has 0 aliphatic heterocycles. The van der Waals surface area contributed by atoms with Crippen LogP contribution in [0.15, 0.2) is 0 Å². The molecule has 4 nitrogen and oxygen atoms in total. The second-order valence-corrected chi connectivity index (χ2v) is 0.238. The van der Waals surface area contributed by atoms with Gasteiger partial charge in [-0.2, -0.15) is 0 Å². The van der Waals surface area contributed by atoms with Crippen LogP contribution in [0.3, 0.4) is 0 Å². The number of rotatable bonds is 0. The maximum atomic E-state index is 8.36. The fourth-order valence-corrected chi connectivity index (χ4v) is 0. The summed E-state index contributed by atoms with van der Waals surface area (Å²) in [4.78, 5) is 8.36. The van der Waals surface area contributed by atoms with E-state index in [0.717, 1.165) is 0 Å². The fraction of sp³-hybridized carbons (Fsp3) is 0. The van der Waals surface area contributed by atoms with Crippen molar-refractivity contribution < 1.29 is 93.8 Å². The Kier molecular flexibility index (Phi) is 26.2. The quantitative estimate of drug-likeness (QED) is 0.483. The van der Waals surface area contributed by atoms with Gasteiger partial charge < -0.3 is 5.21 Å². The molecule has 6 heavy (non-hydrogen) atoms. The van der Waals surface area contributed by atoms with Gasteiger partial charge in [0.1, 0.15) is 0 Å². The van der Waals surface area contributed by atoms with Crippen LogP contribution in [0.4, 0.5) is 0 Å². The maximum Gasteiger partial charge on any atom is 4.00 e. The molecule has 25 valence electrons. The van der Waals surface area contributed by atoms with Gasteiger partial charge in [-0.1, -0.05) is 0 Å². The molecule has 1 N–H and O–H groups in total. The third kappa shape index (κ3) is 38.3. The fourth-order valence-electron chi connectivity index (χ4n) is 0. The first kappa shape index (κ1) is 15.7. The van der Waals surface area contributed by atoms with Crippen molar-refractivity contribution in [1.82, 2.24) is 0 Å². The molecule has 0 aromatic heterocycles. The molecule has 0 aromatic rings. The maximum absolute atomic E-state index is 8.36. The molecule has 0 fully saturated rings. The van der Waals surface area contributed by atoms with Gasteiger partial charge in [-0.15, -0.1) is 10.1 Å². The van der Waals surface area contributed by atoms with Gasteiger partial charge in [-0.05, 0) is 0 Å². The Bertz CT molecular complexity index is 31.8. The van der Waals surface area contributed by atoms with Crippen molar-refractivity contribution in [2.24, 2.45) is 0 Å². The molecule has 0 aliphatic rings. The smallest absolute Gasteiger partial charge is 0.328 e. The second kappa shape index (κ2) is 10.0. The predicted octanol–water partition coefficient (Wildman–Crippen LogP) is -0.348. The number of nitrogens with zero attached hydrogens (tertiary/aromatic N) is 1. The van der Waals surface area contributed by atoms with E-state index in [-0.39, 0.29) is 83.5 Å². The van der Waals surface area contributed by atoms with E-state index in [9.17, 15) is 0 Å². The molecule has 0 aromatic carbocycles. The molecule has 0 bridgehead atoms. The van der Waals surface area contributed by atoms with Crippen molar-refractivity contribution in [2.75, 3.05) is 0 Å². The average Bonchev–Trinajstić information content (AvgIpc) is 0.811. The van der Waals surface area contributed by atoms with E-state index in [4.69, 9.17) is 15.3 Å². The summed E-state index contributed by atoms with van der Waals surface area (Å²) in [7, 11) is 0. The van der Waals surface area contributed by atoms with Crippen LogP contribution < -0.4 is 0 Å². The molecule has 0 amide bonds. The van der Waals surface area contributed by atoms with Crippen molar-refractivity contribution >= 4 is 0 Å². The molecule has 0 aliphatic carbocycles. The van der Waals surface area contributed by atoms with Gasteiger partial charge in [-0.3, -0.25) is 0 Å². The van der Waals surface area contributed by atoms with E-state index in [1.165, 1.54) is 0 Å². The minimum atomic E-state index is -1.50. The SMILES string of the molecule is O=[N+]([O-])O.[Ce+3].[Ce+4]. The van der Waals surface area contributed by atoms with Crippen LogP contribution in [0, 0.1) is 93.6 Å². The van der Waals surface area contributed by atoms with Crippen molar-refractivity contribution in [3.05, 3.63) is 10.1 Å². The largest absolute Gasteiger partial charge is 4.00 e. The third-order valence-corrected chi connectivity index (χ3v) is 0. The van der Waals surface area contributed by atoms with Gasteiger partial charge in [0, 0.05) is 0 Å². The van der Waals surface area contributed by atoms with Crippen LogP contribution >= 0.6 is 0 Å². The van der Waals surface area contributed by atoms with E-state index in [0.29, 0.717) is 0 Å². The van der Waals surface area contributed by atoms with Crippen LogP contribution in [0.5, 0.6) is 0 Å². The Labute approximate surface area is 102 Å². The molecule has 6 heteroatoms. The van der Waals surface area contributed by atoms with E-state index in [1.54, 1.807) is 0 Å². The molecule has 0 heterocycles. The minimum Gasteiger partial charge on any atom is -0.328 e. The molecule has 0 saturated carbocycles. The van der Waals surface area contributed by atoms with Crippen molar-refractivity contribution in [2.45, 2.75) is 0 Å². The molecule has 0 rings (SSSR count). The van der Waals surface area contributed by atoms with Crippen LogP contribution in [0.2, 0.25) is 0 Å². The first-order valence-electron chi connectivity index (χ1n) is 0.565. The van der Waals surface area contributed by atoms with E-state index >= 15 is 0 Å². The minimum absolute atomic E-state index is 0. The molecule has 0 atom stereocenters. The zero-order valence-electron chi connectivity index (χ0n) is 2.71. The van der Waals surface area contributed by atoms with Gasteiger partial charge in [-0.25, -0.2) is 0 Å². The topological polar surface area (TPSA) is 63.4 Å². The Morgan fingerprint density at radius 3 is 1.67 bits per heavy atom. The monoisotopic (exact) mass is 343 g/mol. The summed E-state index contributed by atoms with van der Waals surface area (Å²) in [6.45, 7) is 0. The Morgan fingerprint density at radius 2 is 1.67 bits per heavy atom. The third-order valence-electron chi connectivity index (χ3n) is 0. The zero-order valence-corrected chi connectivity index (χ0v) is 8.99. The zero-order chi connectivity index (χ0) is 3.58. The van der Waals surface area contributed by atoms with Gasteiger partial charge in [0.15, 0.2) is 0 Å². The first-order valence-corrected chi connectivity index (χ1v) is 0.565.